The summed E-state index contributed by atoms with van der Waals surface area (Å²) < 4.78 is 5.52. The van der Waals surface area contributed by atoms with Crippen LogP contribution in [-0.4, -0.2) is 4.98 Å². The standard InChI is InChI=1S/C12H9Cl3N2O/c1-6-2-3-10(7(13)4-6)18-12-9(15)5-8(14)11(16)17-12/h2-5H,1H3,(H2,16,17). The molecule has 1 aromatic heterocycles. The van der Waals surface area contributed by atoms with Gasteiger partial charge in [0, 0.05) is 0 Å². The second-order valence-electron chi connectivity index (χ2n) is 3.68. The zero-order chi connectivity index (χ0) is 13.3. The first-order valence-corrected chi connectivity index (χ1v) is 6.16. The third-order valence-electron chi connectivity index (χ3n) is 2.22. The molecule has 0 saturated carbocycles. The maximum atomic E-state index is 6.05. The van der Waals surface area contributed by atoms with Crippen LogP contribution in [0.25, 0.3) is 0 Å². The minimum Gasteiger partial charge on any atom is -0.436 e. The molecular formula is C12H9Cl3N2O. The van der Waals surface area contributed by atoms with Crippen molar-refractivity contribution < 1.29 is 4.74 Å². The first-order valence-electron chi connectivity index (χ1n) is 5.03. The largest absolute Gasteiger partial charge is 0.436 e. The lowest BCUT2D eigenvalue weighted by Crippen LogP contribution is -1.96. The molecule has 1 aromatic carbocycles. The molecule has 0 amide bonds. The highest BCUT2D eigenvalue weighted by molar-refractivity contribution is 6.36. The van der Waals surface area contributed by atoms with Crippen LogP contribution in [0.4, 0.5) is 5.82 Å². The van der Waals surface area contributed by atoms with Gasteiger partial charge in [-0.2, -0.15) is 4.98 Å². The second kappa shape index (κ2) is 5.22. The molecule has 0 aliphatic carbocycles. The number of benzene rings is 1. The highest BCUT2D eigenvalue weighted by Crippen LogP contribution is 2.35. The van der Waals surface area contributed by atoms with E-state index in [1.807, 2.05) is 13.0 Å². The third kappa shape index (κ3) is 2.80. The Bertz CT molecular complexity index is 602. The van der Waals surface area contributed by atoms with Crippen molar-refractivity contribution in [3.8, 4) is 11.6 Å². The van der Waals surface area contributed by atoms with Gasteiger partial charge in [-0.05, 0) is 30.7 Å². The normalized spacial score (nSPS) is 10.4. The minimum absolute atomic E-state index is 0.152. The topological polar surface area (TPSA) is 48.1 Å². The Balaban J connectivity index is 2.37. The molecule has 3 nitrogen and oxygen atoms in total. The Kier molecular flexibility index (Phi) is 3.85. The lowest BCUT2D eigenvalue weighted by molar-refractivity contribution is 0.464. The Labute approximate surface area is 119 Å². The molecule has 1 heterocycles. The van der Waals surface area contributed by atoms with Gasteiger partial charge in [-0.15, -0.1) is 0 Å². The summed E-state index contributed by atoms with van der Waals surface area (Å²) in [6.07, 6.45) is 0. The first kappa shape index (κ1) is 13.3. The number of pyridine rings is 1. The molecule has 2 rings (SSSR count). The van der Waals surface area contributed by atoms with E-state index in [-0.39, 0.29) is 21.7 Å². The fourth-order valence-electron chi connectivity index (χ4n) is 1.33. The van der Waals surface area contributed by atoms with E-state index in [1.165, 1.54) is 6.07 Å². The monoisotopic (exact) mass is 302 g/mol. The summed E-state index contributed by atoms with van der Waals surface area (Å²) in [5, 5.41) is 1.02. The van der Waals surface area contributed by atoms with Crippen molar-refractivity contribution in [2.24, 2.45) is 0 Å². The number of aromatic nitrogens is 1. The van der Waals surface area contributed by atoms with Gasteiger partial charge < -0.3 is 10.5 Å². The molecule has 18 heavy (non-hydrogen) atoms. The van der Waals surface area contributed by atoms with E-state index >= 15 is 0 Å². The maximum absolute atomic E-state index is 6.05. The molecule has 0 bridgehead atoms. The molecule has 0 atom stereocenters. The molecule has 6 heteroatoms. The maximum Gasteiger partial charge on any atom is 0.240 e. The number of nitrogen functional groups attached to an aromatic ring is 1. The minimum atomic E-state index is 0.152. The summed E-state index contributed by atoms with van der Waals surface area (Å²) in [4.78, 5) is 3.96. The predicted molar refractivity (Wildman–Crippen MR) is 74.9 cm³/mol. The number of halogens is 3. The van der Waals surface area contributed by atoms with Crippen LogP contribution in [0, 0.1) is 6.92 Å². The van der Waals surface area contributed by atoms with E-state index in [0.29, 0.717) is 10.8 Å². The van der Waals surface area contributed by atoms with Gasteiger partial charge in [-0.3, -0.25) is 0 Å². The van der Waals surface area contributed by atoms with Crippen LogP contribution >= 0.6 is 34.8 Å². The van der Waals surface area contributed by atoms with Gasteiger partial charge in [0.05, 0.1) is 10.0 Å². The van der Waals surface area contributed by atoms with Gasteiger partial charge >= 0.3 is 0 Å². The fourth-order valence-corrected chi connectivity index (χ4v) is 2.00. The van der Waals surface area contributed by atoms with Crippen LogP contribution in [0.2, 0.25) is 15.1 Å². The van der Waals surface area contributed by atoms with Crippen molar-refractivity contribution in [3.63, 3.8) is 0 Å². The van der Waals surface area contributed by atoms with Crippen LogP contribution in [0.1, 0.15) is 5.56 Å². The number of nitrogens with zero attached hydrogens (tertiary/aromatic N) is 1. The average Bonchev–Trinajstić information content (AvgIpc) is 2.29. The van der Waals surface area contributed by atoms with Crippen molar-refractivity contribution in [2.75, 3.05) is 5.73 Å². The van der Waals surface area contributed by atoms with Crippen LogP contribution in [0.15, 0.2) is 24.3 Å². The highest BCUT2D eigenvalue weighted by atomic mass is 35.5. The van der Waals surface area contributed by atoms with Gasteiger partial charge in [-0.1, -0.05) is 40.9 Å². The van der Waals surface area contributed by atoms with Crippen molar-refractivity contribution in [1.29, 1.82) is 0 Å². The number of anilines is 1. The molecular weight excluding hydrogens is 295 g/mol. The lowest BCUT2D eigenvalue weighted by Gasteiger charge is -2.09. The number of ether oxygens (including phenoxy) is 1. The Morgan fingerprint density at radius 2 is 1.78 bits per heavy atom. The summed E-state index contributed by atoms with van der Waals surface area (Å²) in [5.41, 5.74) is 6.62. The highest BCUT2D eigenvalue weighted by Gasteiger charge is 2.11. The molecule has 0 unspecified atom stereocenters. The smallest absolute Gasteiger partial charge is 0.240 e. The summed E-state index contributed by atoms with van der Waals surface area (Å²) in [6, 6.07) is 6.86. The van der Waals surface area contributed by atoms with E-state index < -0.39 is 0 Å². The number of hydrogen-bond acceptors (Lipinski definition) is 3. The molecule has 94 valence electrons. The van der Waals surface area contributed by atoms with Crippen molar-refractivity contribution in [2.45, 2.75) is 6.92 Å². The number of hydrogen-bond donors (Lipinski definition) is 1. The second-order valence-corrected chi connectivity index (χ2v) is 4.90. The molecule has 2 aromatic rings. The van der Waals surface area contributed by atoms with E-state index in [0.717, 1.165) is 5.56 Å². The Morgan fingerprint density at radius 3 is 2.44 bits per heavy atom. The molecule has 0 aliphatic heterocycles. The molecule has 0 radical (unpaired) electrons. The fraction of sp³-hybridized carbons (Fsp3) is 0.0833. The van der Waals surface area contributed by atoms with Crippen molar-refractivity contribution >= 4 is 40.6 Å². The number of aryl methyl sites for hydroxylation is 1. The van der Waals surface area contributed by atoms with E-state index in [4.69, 9.17) is 45.3 Å². The molecule has 0 fully saturated rings. The van der Waals surface area contributed by atoms with Crippen LogP contribution < -0.4 is 10.5 Å². The third-order valence-corrected chi connectivity index (χ3v) is 3.09. The molecule has 0 spiro atoms. The summed E-state index contributed by atoms with van der Waals surface area (Å²) in [6.45, 7) is 1.93. The van der Waals surface area contributed by atoms with Crippen molar-refractivity contribution in [3.05, 3.63) is 44.9 Å². The van der Waals surface area contributed by atoms with Gasteiger partial charge in [-0.25, -0.2) is 0 Å². The van der Waals surface area contributed by atoms with E-state index in [2.05, 4.69) is 4.98 Å². The van der Waals surface area contributed by atoms with E-state index in [1.54, 1.807) is 12.1 Å². The molecule has 0 saturated heterocycles. The van der Waals surface area contributed by atoms with Gasteiger partial charge in [0.25, 0.3) is 0 Å². The van der Waals surface area contributed by atoms with Crippen LogP contribution in [0.5, 0.6) is 11.6 Å². The van der Waals surface area contributed by atoms with Crippen LogP contribution in [-0.2, 0) is 0 Å². The van der Waals surface area contributed by atoms with Crippen molar-refractivity contribution in [1.82, 2.24) is 4.98 Å². The lowest BCUT2D eigenvalue weighted by atomic mass is 10.2. The van der Waals surface area contributed by atoms with Gasteiger partial charge in [0.2, 0.25) is 5.88 Å². The first-order chi connectivity index (χ1) is 8.47. The summed E-state index contributed by atoms with van der Waals surface area (Å²) in [7, 11) is 0. The zero-order valence-electron chi connectivity index (χ0n) is 9.38. The van der Waals surface area contributed by atoms with Crippen LogP contribution in [0.3, 0.4) is 0 Å². The SMILES string of the molecule is Cc1ccc(Oc2nc(N)c(Cl)cc2Cl)c(Cl)c1. The molecule has 0 aliphatic rings. The Hall–Kier alpha value is -1.16. The Morgan fingerprint density at radius 1 is 1.06 bits per heavy atom. The number of rotatable bonds is 2. The summed E-state index contributed by atoms with van der Waals surface area (Å²) >= 11 is 17.8. The zero-order valence-corrected chi connectivity index (χ0v) is 11.6. The van der Waals surface area contributed by atoms with E-state index in [9.17, 15) is 0 Å². The van der Waals surface area contributed by atoms with Gasteiger partial charge in [0.15, 0.2) is 0 Å². The average molecular weight is 304 g/mol. The van der Waals surface area contributed by atoms with Gasteiger partial charge in [0.1, 0.15) is 16.6 Å². The molecule has 2 N–H and O–H groups in total. The quantitative estimate of drug-likeness (QED) is 0.873. The summed E-state index contributed by atoms with van der Waals surface area (Å²) in [5.74, 6) is 0.780. The predicted octanol–water partition coefficient (Wildman–Crippen LogP) is 4.72. The number of nitrogens with two attached hydrogens (primary N) is 1.